The van der Waals surface area contributed by atoms with E-state index in [9.17, 15) is 0 Å². The van der Waals surface area contributed by atoms with Crippen molar-refractivity contribution >= 4 is 35.6 Å². The molecule has 0 aliphatic rings. The van der Waals surface area contributed by atoms with Gasteiger partial charge in [0.15, 0.2) is 5.96 Å². The van der Waals surface area contributed by atoms with Crippen LogP contribution in [0, 0.1) is 11.8 Å². The van der Waals surface area contributed by atoms with E-state index in [1.807, 2.05) is 30.3 Å². The monoisotopic (exact) mass is 391 g/mol. The lowest BCUT2D eigenvalue weighted by Gasteiger charge is -2.16. The van der Waals surface area contributed by atoms with Crippen molar-refractivity contribution in [2.75, 3.05) is 18.5 Å². The highest BCUT2D eigenvalue weighted by Gasteiger charge is 2.10. The summed E-state index contributed by atoms with van der Waals surface area (Å²) in [5.74, 6) is 1.43. The highest BCUT2D eigenvalue weighted by molar-refractivity contribution is 14.0. The van der Waals surface area contributed by atoms with Gasteiger partial charge >= 0.3 is 0 Å². The van der Waals surface area contributed by atoms with E-state index in [1.54, 1.807) is 0 Å². The van der Waals surface area contributed by atoms with Crippen LogP contribution in [0.3, 0.4) is 0 Å². The molecule has 0 fully saturated rings. The summed E-state index contributed by atoms with van der Waals surface area (Å²) in [5, 5.41) is 12.1. The third-order valence-corrected chi connectivity index (χ3v) is 2.91. The molecular weight excluding hydrogens is 365 g/mol. The number of halogens is 1. The number of nitrogens with two attached hydrogens (primary N) is 1. The Morgan fingerprint density at radius 3 is 2.50 bits per heavy atom. The fourth-order valence-electron chi connectivity index (χ4n) is 2.07. The molecule has 1 atom stereocenters. The number of aliphatic hydroxyl groups is 1. The van der Waals surface area contributed by atoms with Gasteiger partial charge in [-0.3, -0.25) is 4.99 Å². The van der Waals surface area contributed by atoms with E-state index in [4.69, 9.17) is 10.8 Å². The molecule has 20 heavy (non-hydrogen) atoms. The fraction of sp³-hybridized carbons (Fsp3) is 0.533. The number of anilines is 1. The predicted molar refractivity (Wildman–Crippen MR) is 96.6 cm³/mol. The van der Waals surface area contributed by atoms with Crippen LogP contribution in [0.5, 0.6) is 0 Å². The molecule has 0 amide bonds. The van der Waals surface area contributed by atoms with E-state index < -0.39 is 0 Å². The Balaban J connectivity index is 0.00000361. The number of rotatable bonds is 7. The molecule has 4 N–H and O–H groups in total. The highest BCUT2D eigenvalue weighted by atomic mass is 127. The summed E-state index contributed by atoms with van der Waals surface area (Å²) < 4.78 is 0. The second kappa shape index (κ2) is 10.9. The highest BCUT2D eigenvalue weighted by Crippen LogP contribution is 2.15. The second-order valence-electron chi connectivity index (χ2n) is 5.22. The topological polar surface area (TPSA) is 70.6 Å². The maximum Gasteiger partial charge on any atom is 0.193 e. The Morgan fingerprint density at radius 2 is 1.95 bits per heavy atom. The van der Waals surface area contributed by atoms with E-state index in [-0.39, 0.29) is 30.6 Å². The first kappa shape index (κ1) is 19.2. The van der Waals surface area contributed by atoms with Crippen LogP contribution >= 0.6 is 24.0 Å². The second-order valence-corrected chi connectivity index (χ2v) is 5.22. The Morgan fingerprint density at radius 1 is 1.30 bits per heavy atom. The lowest BCUT2D eigenvalue weighted by Crippen LogP contribution is -2.24. The molecule has 1 rings (SSSR count). The number of nitrogens with zero attached hydrogens (tertiary/aromatic N) is 1. The molecule has 0 bridgehead atoms. The SMILES string of the molecule is CC(C)CC(CCO)CN=C(N)Nc1ccccc1.I. The van der Waals surface area contributed by atoms with Gasteiger partial charge in [-0.05, 0) is 36.8 Å². The summed E-state index contributed by atoms with van der Waals surface area (Å²) in [7, 11) is 0. The predicted octanol–water partition coefficient (Wildman–Crippen LogP) is 3.08. The van der Waals surface area contributed by atoms with Crippen molar-refractivity contribution in [2.45, 2.75) is 26.7 Å². The minimum atomic E-state index is 0. The van der Waals surface area contributed by atoms with Gasteiger partial charge in [0.25, 0.3) is 0 Å². The maximum absolute atomic E-state index is 9.05. The molecule has 0 heterocycles. The van der Waals surface area contributed by atoms with Crippen LogP contribution in [0.15, 0.2) is 35.3 Å². The van der Waals surface area contributed by atoms with Gasteiger partial charge in [0, 0.05) is 18.8 Å². The van der Waals surface area contributed by atoms with E-state index in [1.165, 1.54) is 0 Å². The Labute approximate surface area is 138 Å². The van der Waals surface area contributed by atoms with Gasteiger partial charge in [-0.25, -0.2) is 0 Å². The number of hydrogen-bond donors (Lipinski definition) is 3. The van der Waals surface area contributed by atoms with Gasteiger partial charge in [-0.2, -0.15) is 0 Å². The average Bonchev–Trinajstić information content (AvgIpc) is 2.37. The van der Waals surface area contributed by atoms with E-state index in [2.05, 4.69) is 24.2 Å². The lowest BCUT2D eigenvalue weighted by atomic mass is 9.94. The van der Waals surface area contributed by atoms with Gasteiger partial charge in [0.1, 0.15) is 0 Å². The van der Waals surface area contributed by atoms with Crippen LogP contribution in [0.4, 0.5) is 5.69 Å². The largest absolute Gasteiger partial charge is 0.396 e. The number of guanidine groups is 1. The summed E-state index contributed by atoms with van der Waals surface area (Å²) >= 11 is 0. The molecule has 1 unspecified atom stereocenters. The molecule has 4 nitrogen and oxygen atoms in total. The molecule has 0 aromatic heterocycles. The lowest BCUT2D eigenvalue weighted by molar-refractivity contribution is 0.246. The standard InChI is InChI=1S/C15H25N3O.HI/c1-12(2)10-13(8-9-19)11-17-15(16)18-14-6-4-3-5-7-14;/h3-7,12-13,19H,8-11H2,1-2H3,(H3,16,17,18);1H. The van der Waals surface area contributed by atoms with Crippen LogP contribution in [0.1, 0.15) is 26.7 Å². The van der Waals surface area contributed by atoms with Gasteiger partial charge in [0.2, 0.25) is 0 Å². The third kappa shape index (κ3) is 8.37. The van der Waals surface area contributed by atoms with Crippen molar-refractivity contribution in [3.63, 3.8) is 0 Å². The molecule has 1 aromatic rings. The van der Waals surface area contributed by atoms with Gasteiger partial charge in [0.05, 0.1) is 0 Å². The molecule has 5 heteroatoms. The van der Waals surface area contributed by atoms with Crippen molar-refractivity contribution in [3.05, 3.63) is 30.3 Å². The fourth-order valence-corrected chi connectivity index (χ4v) is 2.07. The summed E-state index contributed by atoms with van der Waals surface area (Å²) in [4.78, 5) is 4.36. The summed E-state index contributed by atoms with van der Waals surface area (Å²) in [6, 6.07) is 9.74. The molecule has 114 valence electrons. The summed E-state index contributed by atoms with van der Waals surface area (Å²) in [6.45, 7) is 5.22. The minimum Gasteiger partial charge on any atom is -0.396 e. The van der Waals surface area contributed by atoms with Crippen molar-refractivity contribution in [1.82, 2.24) is 0 Å². The van der Waals surface area contributed by atoms with Gasteiger partial charge < -0.3 is 16.2 Å². The Hall–Kier alpha value is -0.820. The first-order chi connectivity index (χ1) is 9.11. The minimum absolute atomic E-state index is 0. The molecule has 0 aliphatic heterocycles. The van der Waals surface area contributed by atoms with Crippen LogP contribution in [-0.4, -0.2) is 24.2 Å². The van der Waals surface area contributed by atoms with Crippen molar-refractivity contribution in [1.29, 1.82) is 0 Å². The molecule has 1 aromatic carbocycles. The van der Waals surface area contributed by atoms with E-state index in [0.29, 0.717) is 24.3 Å². The first-order valence-corrected chi connectivity index (χ1v) is 6.84. The smallest absolute Gasteiger partial charge is 0.193 e. The zero-order chi connectivity index (χ0) is 14.1. The summed E-state index contributed by atoms with van der Waals surface area (Å²) in [6.07, 6.45) is 1.84. The molecular formula is C15H26IN3O. The zero-order valence-electron chi connectivity index (χ0n) is 12.2. The molecule has 0 saturated heterocycles. The number of nitrogens with one attached hydrogen (secondary N) is 1. The zero-order valence-corrected chi connectivity index (χ0v) is 14.6. The van der Waals surface area contributed by atoms with E-state index in [0.717, 1.165) is 18.5 Å². The number of aliphatic imine (C=N–C) groups is 1. The average molecular weight is 391 g/mol. The molecule has 0 radical (unpaired) electrons. The first-order valence-electron chi connectivity index (χ1n) is 6.84. The normalized spacial score (nSPS) is 12.9. The van der Waals surface area contributed by atoms with Crippen LogP contribution < -0.4 is 11.1 Å². The maximum atomic E-state index is 9.05. The van der Waals surface area contributed by atoms with Gasteiger partial charge in [-0.1, -0.05) is 32.0 Å². The van der Waals surface area contributed by atoms with Crippen LogP contribution in [-0.2, 0) is 0 Å². The number of benzene rings is 1. The van der Waals surface area contributed by atoms with Crippen molar-refractivity contribution in [3.8, 4) is 0 Å². The van der Waals surface area contributed by atoms with Crippen LogP contribution in [0.25, 0.3) is 0 Å². The third-order valence-electron chi connectivity index (χ3n) is 2.91. The van der Waals surface area contributed by atoms with Crippen molar-refractivity contribution in [2.24, 2.45) is 22.6 Å². The molecule has 0 saturated carbocycles. The molecule has 0 spiro atoms. The Kier molecular flexibility index (Phi) is 10.5. The number of hydrogen-bond acceptors (Lipinski definition) is 2. The summed E-state index contributed by atoms with van der Waals surface area (Å²) in [5.41, 5.74) is 6.79. The Bertz CT molecular complexity index is 382. The van der Waals surface area contributed by atoms with E-state index >= 15 is 0 Å². The van der Waals surface area contributed by atoms with Crippen molar-refractivity contribution < 1.29 is 5.11 Å². The van der Waals surface area contributed by atoms with Gasteiger partial charge in [-0.15, -0.1) is 24.0 Å². The number of aliphatic hydroxyl groups excluding tert-OH is 1. The van der Waals surface area contributed by atoms with Crippen LogP contribution in [0.2, 0.25) is 0 Å². The quantitative estimate of drug-likeness (QED) is 0.380. The number of para-hydroxylation sites is 1. The molecule has 0 aliphatic carbocycles.